The van der Waals surface area contributed by atoms with Crippen LogP contribution in [-0.4, -0.2) is 0 Å². The van der Waals surface area contributed by atoms with E-state index in [1.807, 2.05) is 115 Å². The molecule has 0 bridgehead atoms. The molecule has 0 saturated carbocycles. The second kappa shape index (κ2) is 16.0. The lowest BCUT2D eigenvalue weighted by Gasteiger charge is -2.26. The van der Waals surface area contributed by atoms with Crippen molar-refractivity contribution in [3.05, 3.63) is 249 Å². The fourth-order valence-corrected chi connectivity index (χ4v) is 7.73. The molecule has 10 aromatic rings. The van der Waals surface area contributed by atoms with Gasteiger partial charge in [-0.2, -0.15) is 0 Å². The average molecular weight is 761 g/mol. The number of hydrogen-bond acceptors (Lipinski definition) is 1. The van der Waals surface area contributed by atoms with E-state index in [4.69, 9.17) is 6.85 Å². The first-order valence-corrected chi connectivity index (χ1v) is 19.5. The molecule has 0 unspecified atom stereocenters. The van der Waals surface area contributed by atoms with Crippen LogP contribution >= 0.6 is 0 Å². The first kappa shape index (κ1) is 27.0. The Morgan fingerprint density at radius 2 is 0.746 bits per heavy atom. The van der Waals surface area contributed by atoms with Gasteiger partial charge in [0.2, 0.25) is 0 Å². The van der Waals surface area contributed by atoms with Gasteiger partial charge in [0.25, 0.3) is 0 Å². The highest BCUT2D eigenvalue weighted by Gasteiger charge is 2.17. The third-order valence-electron chi connectivity index (χ3n) is 10.6. The zero-order chi connectivity index (χ0) is 47.2. The van der Waals surface area contributed by atoms with E-state index in [1.54, 1.807) is 4.90 Å². The molecule has 278 valence electrons. The summed E-state index contributed by atoms with van der Waals surface area (Å²) in [6.45, 7) is 0. The molecule has 0 fully saturated rings. The zero-order valence-corrected chi connectivity index (χ0v) is 31.9. The number of anilines is 3. The molecule has 0 atom stereocenters. The summed E-state index contributed by atoms with van der Waals surface area (Å²) in [5.41, 5.74) is 10.5. The molecule has 0 N–H and O–H groups in total. The first-order valence-electron chi connectivity index (χ1n) is 24.0. The van der Waals surface area contributed by atoms with Gasteiger partial charge in [0.05, 0.1) is 12.3 Å². The highest BCUT2D eigenvalue weighted by atomic mass is 15.1. The van der Waals surface area contributed by atoms with Gasteiger partial charge in [-0.15, -0.1) is 0 Å². The van der Waals surface area contributed by atoms with Crippen LogP contribution in [0.15, 0.2) is 249 Å². The van der Waals surface area contributed by atoms with Gasteiger partial charge < -0.3 is 4.90 Å². The van der Waals surface area contributed by atoms with Crippen molar-refractivity contribution in [3.8, 4) is 66.8 Å². The predicted molar refractivity (Wildman–Crippen MR) is 251 cm³/mol. The van der Waals surface area contributed by atoms with Crippen LogP contribution in [0.1, 0.15) is 12.3 Å². The summed E-state index contributed by atoms with van der Waals surface area (Å²) < 4.78 is 79.7. The SMILES string of the molecule is [2H]c1c([2H])c([2H])c(-c2c([2H])c([2H])c(N(c3ccc(-c4cc(-c5ccccc5)cc(-c5ccccc5)c4)cc3)c3ccc(-c4ccc5ccccc5c4-c4ccccc4)cc3)c([2H])c2[2H])c([2H])c1[2H]. The molecule has 0 saturated heterocycles. The maximum Gasteiger partial charge on any atom is 0.0645 e. The van der Waals surface area contributed by atoms with Crippen LogP contribution in [0.25, 0.3) is 77.5 Å². The molecule has 0 aliphatic heterocycles. The Hall–Kier alpha value is -7.74. The van der Waals surface area contributed by atoms with Gasteiger partial charge in [-0.25, -0.2) is 0 Å². The number of nitrogens with zero attached hydrogens (tertiary/aromatic N) is 1. The molecular formula is C58H41N. The van der Waals surface area contributed by atoms with Crippen molar-refractivity contribution in [1.82, 2.24) is 0 Å². The van der Waals surface area contributed by atoms with Crippen LogP contribution in [0.2, 0.25) is 0 Å². The Morgan fingerprint density at radius 1 is 0.288 bits per heavy atom. The van der Waals surface area contributed by atoms with Gasteiger partial charge in [0.15, 0.2) is 0 Å². The second-order valence-electron chi connectivity index (χ2n) is 14.3. The number of hydrogen-bond donors (Lipinski definition) is 0. The van der Waals surface area contributed by atoms with E-state index in [2.05, 4.69) is 78.9 Å². The molecule has 0 aromatic heterocycles. The lowest BCUT2D eigenvalue weighted by molar-refractivity contribution is 1.28. The van der Waals surface area contributed by atoms with E-state index in [0.717, 1.165) is 66.4 Å². The first-order chi connectivity index (χ1) is 33.0. The summed E-state index contributed by atoms with van der Waals surface area (Å²) in [6.07, 6.45) is 0. The Labute approximate surface area is 359 Å². The average Bonchev–Trinajstić information content (AvgIpc) is 3.39. The monoisotopic (exact) mass is 760 g/mol. The molecule has 1 nitrogen and oxygen atoms in total. The Bertz CT molecular complexity index is 3410. The Morgan fingerprint density at radius 3 is 1.31 bits per heavy atom. The van der Waals surface area contributed by atoms with Crippen molar-refractivity contribution in [2.45, 2.75) is 0 Å². The van der Waals surface area contributed by atoms with Crippen LogP contribution in [0.5, 0.6) is 0 Å². The third-order valence-corrected chi connectivity index (χ3v) is 10.6. The minimum absolute atomic E-state index is 0.0651. The molecule has 0 radical (unpaired) electrons. The summed E-state index contributed by atoms with van der Waals surface area (Å²) in [4.78, 5) is 1.69. The van der Waals surface area contributed by atoms with E-state index >= 15 is 0 Å². The van der Waals surface area contributed by atoms with Crippen LogP contribution in [0, 0.1) is 0 Å². The quantitative estimate of drug-likeness (QED) is 0.142. The van der Waals surface area contributed by atoms with Crippen molar-refractivity contribution < 1.29 is 12.3 Å². The molecule has 10 aromatic carbocycles. The molecule has 1 heteroatoms. The molecule has 59 heavy (non-hydrogen) atoms. The van der Waals surface area contributed by atoms with Crippen molar-refractivity contribution in [2.75, 3.05) is 4.90 Å². The summed E-state index contributed by atoms with van der Waals surface area (Å²) >= 11 is 0. The van der Waals surface area contributed by atoms with E-state index in [-0.39, 0.29) is 11.3 Å². The smallest absolute Gasteiger partial charge is 0.0645 e. The number of benzene rings is 10. The van der Waals surface area contributed by atoms with Gasteiger partial charge in [0, 0.05) is 17.1 Å². The van der Waals surface area contributed by atoms with Crippen LogP contribution in [-0.2, 0) is 0 Å². The largest absolute Gasteiger partial charge is 0.311 e. The Kier molecular flexibility index (Phi) is 7.33. The fourth-order valence-electron chi connectivity index (χ4n) is 7.73. The molecule has 0 amide bonds. The number of rotatable bonds is 9. The summed E-state index contributed by atoms with van der Waals surface area (Å²) in [7, 11) is 0. The summed E-state index contributed by atoms with van der Waals surface area (Å²) in [6, 6.07) is 60.2. The van der Waals surface area contributed by atoms with Gasteiger partial charge in [0.1, 0.15) is 0 Å². The minimum atomic E-state index is -0.629. The fraction of sp³-hybridized carbons (Fsp3) is 0. The summed E-state index contributed by atoms with van der Waals surface area (Å²) in [5.74, 6) is 0. The molecule has 0 spiro atoms. The molecule has 0 aliphatic carbocycles. The normalized spacial score (nSPS) is 13.2. The van der Waals surface area contributed by atoms with Gasteiger partial charge in [-0.05, 0) is 132 Å². The Balaban J connectivity index is 1.14. The highest BCUT2D eigenvalue weighted by molar-refractivity contribution is 6.04. The summed E-state index contributed by atoms with van der Waals surface area (Å²) in [5, 5.41) is 2.22. The van der Waals surface area contributed by atoms with Crippen LogP contribution < -0.4 is 4.90 Å². The lowest BCUT2D eigenvalue weighted by atomic mass is 9.90. The van der Waals surface area contributed by atoms with Crippen molar-refractivity contribution in [3.63, 3.8) is 0 Å². The molecule has 0 heterocycles. The lowest BCUT2D eigenvalue weighted by Crippen LogP contribution is -2.09. The maximum absolute atomic E-state index is 9.52. The zero-order valence-electron chi connectivity index (χ0n) is 40.9. The minimum Gasteiger partial charge on any atom is -0.311 e. The van der Waals surface area contributed by atoms with E-state index < -0.39 is 59.9 Å². The maximum atomic E-state index is 9.52. The van der Waals surface area contributed by atoms with Crippen LogP contribution in [0.3, 0.4) is 0 Å². The standard InChI is InChI=1S/C58H41N/c1-5-15-42(16-6-1)45-25-32-53(33-26-45)59(55-36-29-48(30-37-55)57-38-31-47-21-13-14-24-56(47)58(57)49-22-11-4-12-23-49)54-34-27-46(28-35-54)52-40-50(43-17-7-2-8-18-43)39-51(41-52)44-19-9-3-10-20-44/h1-41H/i1D,5D,6D,15D,16D,25D,26D,32D,33D. The van der Waals surface area contributed by atoms with Crippen molar-refractivity contribution in [1.29, 1.82) is 0 Å². The van der Waals surface area contributed by atoms with E-state index in [0.29, 0.717) is 11.4 Å². The van der Waals surface area contributed by atoms with E-state index in [9.17, 15) is 5.48 Å². The number of fused-ring (bicyclic) bond motifs is 1. The topological polar surface area (TPSA) is 3.24 Å². The van der Waals surface area contributed by atoms with Gasteiger partial charge >= 0.3 is 0 Å². The third kappa shape index (κ3) is 7.34. The molecule has 0 aliphatic rings. The molecular weight excluding hydrogens is 711 g/mol. The molecule has 10 rings (SSSR count). The van der Waals surface area contributed by atoms with Gasteiger partial charge in [-0.1, -0.05) is 194 Å². The predicted octanol–water partition coefficient (Wildman–Crippen LogP) is 16.3. The van der Waals surface area contributed by atoms with E-state index in [1.165, 1.54) is 0 Å². The van der Waals surface area contributed by atoms with Crippen molar-refractivity contribution >= 4 is 27.8 Å². The van der Waals surface area contributed by atoms with Gasteiger partial charge in [-0.3, -0.25) is 0 Å². The highest BCUT2D eigenvalue weighted by Crippen LogP contribution is 2.42. The van der Waals surface area contributed by atoms with Crippen LogP contribution in [0.4, 0.5) is 17.1 Å². The van der Waals surface area contributed by atoms with Crippen molar-refractivity contribution in [2.24, 2.45) is 0 Å². The second-order valence-corrected chi connectivity index (χ2v) is 14.3.